The van der Waals surface area contributed by atoms with E-state index < -0.39 is 12.0 Å². The maximum atomic E-state index is 11.8. The molecule has 0 aromatic rings. The van der Waals surface area contributed by atoms with Crippen LogP contribution in [0.4, 0.5) is 0 Å². The summed E-state index contributed by atoms with van der Waals surface area (Å²) in [6, 6.07) is -0.700. The molecule has 0 radical (unpaired) electrons. The van der Waals surface area contributed by atoms with Crippen molar-refractivity contribution in [3.05, 3.63) is 0 Å². The van der Waals surface area contributed by atoms with Crippen LogP contribution in [0, 0.1) is 11.8 Å². The normalized spacial score (nSPS) is 27.1. The topological polar surface area (TPSA) is 75.6 Å². The van der Waals surface area contributed by atoms with Gasteiger partial charge in [0.25, 0.3) is 0 Å². The van der Waals surface area contributed by atoms with Crippen LogP contribution in [0.2, 0.25) is 0 Å². The molecule has 5 nitrogen and oxygen atoms in total. The molecule has 2 rings (SSSR count). The summed E-state index contributed by atoms with van der Waals surface area (Å²) < 4.78 is 5.21. The minimum atomic E-state index is -0.924. The van der Waals surface area contributed by atoms with Crippen LogP contribution >= 0.6 is 0 Å². The van der Waals surface area contributed by atoms with Gasteiger partial charge in [0.2, 0.25) is 5.91 Å². The average Bonchev–Trinajstić information content (AvgIpc) is 3.10. The predicted octanol–water partition coefficient (Wildman–Crippen LogP) is 0.392. The summed E-state index contributed by atoms with van der Waals surface area (Å²) in [6.07, 6.45) is 3.47. The predicted molar refractivity (Wildman–Crippen MR) is 55.8 cm³/mol. The molecule has 0 bridgehead atoms. The molecule has 1 aliphatic heterocycles. The van der Waals surface area contributed by atoms with E-state index in [1.807, 2.05) is 0 Å². The van der Waals surface area contributed by atoms with Crippen molar-refractivity contribution in [2.45, 2.75) is 31.7 Å². The molecule has 2 atom stereocenters. The van der Waals surface area contributed by atoms with E-state index in [4.69, 9.17) is 9.84 Å². The van der Waals surface area contributed by atoms with E-state index >= 15 is 0 Å². The summed E-state index contributed by atoms with van der Waals surface area (Å²) in [5, 5.41) is 11.6. The van der Waals surface area contributed by atoms with Crippen molar-refractivity contribution < 1.29 is 19.4 Å². The number of carbonyl (C=O) groups is 2. The molecular weight excluding hydrogens is 210 g/mol. The van der Waals surface area contributed by atoms with Crippen LogP contribution in [0.1, 0.15) is 25.7 Å². The second-order valence-corrected chi connectivity index (χ2v) is 4.58. The Hall–Kier alpha value is -1.10. The maximum Gasteiger partial charge on any atom is 0.326 e. The minimum Gasteiger partial charge on any atom is -0.480 e. The molecule has 2 aliphatic rings. The van der Waals surface area contributed by atoms with Gasteiger partial charge in [0, 0.05) is 6.61 Å². The molecule has 1 heterocycles. The van der Waals surface area contributed by atoms with Crippen LogP contribution in [0.5, 0.6) is 0 Å². The van der Waals surface area contributed by atoms with Gasteiger partial charge in [0.15, 0.2) is 0 Å². The zero-order chi connectivity index (χ0) is 11.5. The number of hydrogen-bond donors (Lipinski definition) is 2. The summed E-state index contributed by atoms with van der Waals surface area (Å²) in [5.41, 5.74) is 0. The summed E-state index contributed by atoms with van der Waals surface area (Å²) in [7, 11) is 0. The number of carboxylic acid groups (broad SMARTS) is 1. The van der Waals surface area contributed by atoms with Gasteiger partial charge in [-0.25, -0.2) is 4.79 Å². The summed E-state index contributed by atoms with van der Waals surface area (Å²) in [4.78, 5) is 22.7. The number of carboxylic acids is 1. The third kappa shape index (κ3) is 2.72. The van der Waals surface area contributed by atoms with Gasteiger partial charge in [0.1, 0.15) is 6.04 Å². The largest absolute Gasteiger partial charge is 0.480 e. The zero-order valence-corrected chi connectivity index (χ0v) is 9.15. The van der Waals surface area contributed by atoms with Crippen molar-refractivity contribution in [2.24, 2.45) is 11.8 Å². The van der Waals surface area contributed by atoms with Gasteiger partial charge in [-0.15, -0.1) is 0 Å². The van der Waals surface area contributed by atoms with Crippen LogP contribution in [-0.2, 0) is 14.3 Å². The van der Waals surface area contributed by atoms with Crippen molar-refractivity contribution in [1.82, 2.24) is 5.32 Å². The number of amides is 1. The lowest BCUT2D eigenvalue weighted by atomic mass is 10.0. The maximum absolute atomic E-state index is 11.8. The Labute approximate surface area is 94.2 Å². The molecule has 0 aromatic carbocycles. The number of ether oxygens (including phenoxy) is 1. The van der Waals surface area contributed by atoms with E-state index in [-0.39, 0.29) is 17.7 Å². The lowest BCUT2D eigenvalue weighted by molar-refractivity contribution is -0.144. The highest BCUT2D eigenvalue weighted by molar-refractivity contribution is 5.85. The summed E-state index contributed by atoms with van der Waals surface area (Å²) in [6.45, 7) is 1.12. The molecule has 0 spiro atoms. The molecule has 90 valence electrons. The van der Waals surface area contributed by atoms with Crippen LogP contribution < -0.4 is 5.32 Å². The van der Waals surface area contributed by atoms with Crippen molar-refractivity contribution in [3.63, 3.8) is 0 Å². The Bertz CT molecular complexity index is 282. The Morgan fingerprint density at radius 1 is 1.31 bits per heavy atom. The number of carbonyl (C=O) groups excluding carboxylic acids is 1. The molecule has 0 aromatic heterocycles. The first kappa shape index (κ1) is 11.4. The molecular formula is C11H17NO4. The monoisotopic (exact) mass is 227 g/mol. The second-order valence-electron chi connectivity index (χ2n) is 4.58. The second kappa shape index (κ2) is 4.82. The number of rotatable bonds is 4. The quantitative estimate of drug-likeness (QED) is 0.728. The number of aliphatic carboxylic acids is 1. The summed E-state index contributed by atoms with van der Waals surface area (Å²) >= 11 is 0. The van der Waals surface area contributed by atoms with Crippen LogP contribution in [-0.4, -0.2) is 36.2 Å². The smallest absolute Gasteiger partial charge is 0.326 e. The zero-order valence-electron chi connectivity index (χ0n) is 9.15. The van der Waals surface area contributed by atoms with E-state index in [0.717, 1.165) is 25.7 Å². The molecule has 2 fully saturated rings. The number of nitrogens with one attached hydrogen (secondary N) is 1. The highest BCUT2D eigenvalue weighted by Crippen LogP contribution is 2.33. The molecule has 1 aliphatic carbocycles. The standard InChI is InChI=1S/C11H17NO4/c13-10(8-2-1-5-16-6-8)12-9(11(14)15)7-3-4-7/h7-9H,1-6H2,(H,12,13)(H,14,15). The van der Waals surface area contributed by atoms with Gasteiger partial charge in [-0.05, 0) is 31.6 Å². The van der Waals surface area contributed by atoms with E-state index in [2.05, 4.69) is 5.32 Å². The van der Waals surface area contributed by atoms with Gasteiger partial charge in [-0.2, -0.15) is 0 Å². The molecule has 5 heteroatoms. The van der Waals surface area contributed by atoms with Gasteiger partial charge in [-0.3, -0.25) is 4.79 Å². The lowest BCUT2D eigenvalue weighted by Crippen LogP contribution is -2.46. The Morgan fingerprint density at radius 3 is 2.56 bits per heavy atom. The van der Waals surface area contributed by atoms with E-state index in [9.17, 15) is 9.59 Å². The third-order valence-corrected chi connectivity index (χ3v) is 3.19. The van der Waals surface area contributed by atoms with Gasteiger partial charge in [0.05, 0.1) is 12.5 Å². The lowest BCUT2D eigenvalue weighted by Gasteiger charge is -2.23. The molecule has 1 amide bonds. The van der Waals surface area contributed by atoms with Crippen molar-refractivity contribution in [1.29, 1.82) is 0 Å². The highest BCUT2D eigenvalue weighted by atomic mass is 16.5. The first-order valence-corrected chi connectivity index (χ1v) is 5.79. The van der Waals surface area contributed by atoms with E-state index in [1.54, 1.807) is 0 Å². The molecule has 2 unspecified atom stereocenters. The molecule has 2 N–H and O–H groups in total. The van der Waals surface area contributed by atoms with Crippen LogP contribution in [0.3, 0.4) is 0 Å². The first-order chi connectivity index (χ1) is 7.68. The first-order valence-electron chi connectivity index (χ1n) is 5.79. The fourth-order valence-corrected chi connectivity index (χ4v) is 2.03. The SMILES string of the molecule is O=C(NC(C(=O)O)C1CC1)C1CCCOC1. The Morgan fingerprint density at radius 2 is 2.06 bits per heavy atom. The van der Waals surface area contributed by atoms with Crippen molar-refractivity contribution >= 4 is 11.9 Å². The molecule has 1 saturated carbocycles. The number of hydrogen-bond acceptors (Lipinski definition) is 3. The van der Waals surface area contributed by atoms with Crippen LogP contribution in [0.25, 0.3) is 0 Å². The Kier molecular flexibility index (Phi) is 3.43. The van der Waals surface area contributed by atoms with Crippen molar-refractivity contribution in [3.8, 4) is 0 Å². The fourth-order valence-electron chi connectivity index (χ4n) is 2.03. The third-order valence-electron chi connectivity index (χ3n) is 3.19. The van der Waals surface area contributed by atoms with Crippen molar-refractivity contribution in [2.75, 3.05) is 13.2 Å². The van der Waals surface area contributed by atoms with Crippen LogP contribution in [0.15, 0.2) is 0 Å². The van der Waals surface area contributed by atoms with Gasteiger partial charge in [-0.1, -0.05) is 0 Å². The van der Waals surface area contributed by atoms with Gasteiger partial charge < -0.3 is 15.2 Å². The summed E-state index contributed by atoms with van der Waals surface area (Å²) in [5.74, 6) is -1.13. The van der Waals surface area contributed by atoms with E-state index in [0.29, 0.717) is 13.2 Å². The molecule has 16 heavy (non-hydrogen) atoms. The molecule has 1 saturated heterocycles. The van der Waals surface area contributed by atoms with Gasteiger partial charge >= 0.3 is 5.97 Å². The average molecular weight is 227 g/mol. The van der Waals surface area contributed by atoms with E-state index in [1.165, 1.54) is 0 Å². The Balaban J connectivity index is 1.86. The highest BCUT2D eigenvalue weighted by Gasteiger charge is 2.38. The minimum absolute atomic E-state index is 0.131. The fraction of sp³-hybridized carbons (Fsp3) is 0.818.